The molecule has 0 radical (unpaired) electrons. The van der Waals surface area contributed by atoms with Gasteiger partial charge in [0.15, 0.2) is 0 Å². The van der Waals surface area contributed by atoms with Gasteiger partial charge in [-0.3, -0.25) is 0 Å². The molecule has 19 heavy (non-hydrogen) atoms. The summed E-state index contributed by atoms with van der Waals surface area (Å²) >= 11 is 3.60. The van der Waals surface area contributed by atoms with E-state index in [2.05, 4.69) is 33.8 Å². The fourth-order valence-electron chi connectivity index (χ4n) is 2.15. The first-order valence-electron chi connectivity index (χ1n) is 6.59. The molecule has 1 N–H and O–H groups in total. The second kappa shape index (κ2) is 6.24. The van der Waals surface area contributed by atoms with Gasteiger partial charge in [-0.2, -0.15) is 0 Å². The Hall–Kier alpha value is -1.29. The number of benzene rings is 1. The van der Waals surface area contributed by atoms with Crippen molar-refractivity contribution in [3.05, 3.63) is 34.3 Å². The smallest absolute Gasteiger partial charge is 0.328 e. The zero-order valence-corrected chi connectivity index (χ0v) is 12.6. The van der Waals surface area contributed by atoms with Crippen LogP contribution in [0.15, 0.2) is 28.7 Å². The van der Waals surface area contributed by atoms with Gasteiger partial charge in [0.25, 0.3) is 0 Å². The molecule has 1 aliphatic rings. The van der Waals surface area contributed by atoms with Gasteiger partial charge in [-0.25, -0.2) is 4.79 Å². The minimum absolute atomic E-state index is 0.677. The van der Waals surface area contributed by atoms with E-state index in [4.69, 9.17) is 5.11 Å². The zero-order valence-electron chi connectivity index (χ0n) is 11.0. The number of hydrogen-bond donors (Lipinski definition) is 1. The molecule has 102 valence electrons. The van der Waals surface area contributed by atoms with Crippen LogP contribution in [0.3, 0.4) is 0 Å². The quantitative estimate of drug-likeness (QED) is 0.806. The maximum atomic E-state index is 10.5. The maximum Gasteiger partial charge on any atom is 0.328 e. The minimum Gasteiger partial charge on any atom is -0.478 e. The molecule has 3 nitrogen and oxygen atoms in total. The number of carboxylic acids is 1. The summed E-state index contributed by atoms with van der Waals surface area (Å²) in [6, 6.07) is 6.68. The Morgan fingerprint density at radius 2 is 2.26 bits per heavy atom. The monoisotopic (exact) mass is 323 g/mol. The van der Waals surface area contributed by atoms with Crippen LogP contribution in [0, 0.1) is 0 Å². The van der Waals surface area contributed by atoms with Crippen LogP contribution in [0.2, 0.25) is 0 Å². The van der Waals surface area contributed by atoms with Crippen molar-refractivity contribution in [2.75, 3.05) is 11.4 Å². The van der Waals surface area contributed by atoms with E-state index in [1.54, 1.807) is 6.08 Å². The fraction of sp³-hybridized carbons (Fsp3) is 0.400. The van der Waals surface area contributed by atoms with Crippen molar-refractivity contribution in [1.82, 2.24) is 0 Å². The zero-order chi connectivity index (χ0) is 13.8. The molecule has 1 aliphatic carbocycles. The van der Waals surface area contributed by atoms with Gasteiger partial charge in [0, 0.05) is 23.1 Å². The van der Waals surface area contributed by atoms with Gasteiger partial charge in [0.05, 0.1) is 5.69 Å². The molecule has 0 aliphatic heterocycles. The average Bonchev–Trinajstić information content (AvgIpc) is 3.18. The summed E-state index contributed by atoms with van der Waals surface area (Å²) in [5, 5.41) is 8.63. The van der Waals surface area contributed by atoms with Crippen LogP contribution in [0.25, 0.3) is 6.08 Å². The number of aliphatic carboxylic acids is 1. The average molecular weight is 324 g/mol. The molecule has 1 fully saturated rings. The van der Waals surface area contributed by atoms with Crippen molar-refractivity contribution in [2.24, 2.45) is 0 Å². The molecule has 2 rings (SSSR count). The third kappa shape index (κ3) is 3.83. The molecule has 0 spiro atoms. The van der Waals surface area contributed by atoms with Gasteiger partial charge >= 0.3 is 5.97 Å². The summed E-state index contributed by atoms with van der Waals surface area (Å²) < 4.78 is 1.03. The summed E-state index contributed by atoms with van der Waals surface area (Å²) in [7, 11) is 0. The molecule has 0 bridgehead atoms. The van der Waals surface area contributed by atoms with E-state index in [0.29, 0.717) is 6.04 Å². The number of rotatable bonds is 6. The number of nitrogens with zero attached hydrogens (tertiary/aromatic N) is 1. The first kappa shape index (κ1) is 14.1. The number of hydrogen-bond acceptors (Lipinski definition) is 2. The van der Waals surface area contributed by atoms with Gasteiger partial charge in [-0.05, 0) is 59.0 Å². The molecule has 0 amide bonds. The summed E-state index contributed by atoms with van der Waals surface area (Å²) in [4.78, 5) is 12.9. The van der Waals surface area contributed by atoms with Crippen molar-refractivity contribution < 1.29 is 9.90 Å². The highest BCUT2D eigenvalue weighted by Crippen LogP contribution is 2.36. The summed E-state index contributed by atoms with van der Waals surface area (Å²) in [6.45, 7) is 3.25. The van der Waals surface area contributed by atoms with E-state index in [9.17, 15) is 4.79 Å². The minimum atomic E-state index is -0.925. The lowest BCUT2D eigenvalue weighted by atomic mass is 10.1. The third-order valence-corrected chi connectivity index (χ3v) is 3.79. The molecule has 0 atom stereocenters. The van der Waals surface area contributed by atoms with Gasteiger partial charge in [-0.1, -0.05) is 13.0 Å². The van der Waals surface area contributed by atoms with Crippen LogP contribution in [0.4, 0.5) is 5.69 Å². The second-order valence-electron chi connectivity index (χ2n) is 4.81. The van der Waals surface area contributed by atoms with E-state index < -0.39 is 5.97 Å². The third-order valence-electron chi connectivity index (χ3n) is 3.15. The number of carboxylic acid groups (broad SMARTS) is 1. The molecule has 1 aromatic carbocycles. The molecule has 0 aromatic heterocycles. The number of anilines is 1. The highest BCUT2D eigenvalue weighted by Gasteiger charge is 2.29. The molecule has 0 saturated heterocycles. The van der Waals surface area contributed by atoms with E-state index in [0.717, 1.165) is 29.1 Å². The summed E-state index contributed by atoms with van der Waals surface area (Å²) in [5.41, 5.74) is 2.10. The predicted octanol–water partition coefficient (Wildman–Crippen LogP) is 3.93. The first-order chi connectivity index (χ1) is 9.11. The van der Waals surface area contributed by atoms with Crippen LogP contribution < -0.4 is 4.90 Å². The topological polar surface area (TPSA) is 40.5 Å². The van der Waals surface area contributed by atoms with E-state index in [1.807, 2.05) is 12.1 Å². The number of carbonyl (C=O) groups is 1. The fourth-order valence-corrected chi connectivity index (χ4v) is 2.78. The number of halogens is 1. The van der Waals surface area contributed by atoms with E-state index >= 15 is 0 Å². The van der Waals surface area contributed by atoms with E-state index in [1.165, 1.54) is 18.5 Å². The van der Waals surface area contributed by atoms with Gasteiger partial charge in [-0.15, -0.1) is 0 Å². The van der Waals surface area contributed by atoms with Crippen LogP contribution in [0.1, 0.15) is 31.7 Å². The molecular formula is C15H18BrNO2. The highest BCUT2D eigenvalue weighted by atomic mass is 79.9. The summed E-state index contributed by atoms with van der Waals surface area (Å²) in [5.74, 6) is -0.925. The van der Waals surface area contributed by atoms with Crippen molar-refractivity contribution in [3.63, 3.8) is 0 Å². The van der Waals surface area contributed by atoms with Crippen LogP contribution in [0.5, 0.6) is 0 Å². The van der Waals surface area contributed by atoms with Gasteiger partial charge in [0.2, 0.25) is 0 Å². The standard InChI is InChI=1S/C15H18BrNO2/c1-2-9-17(12-5-6-12)14-7-3-11(10-13(14)16)4-8-15(18)19/h3-4,7-8,10,12H,2,5-6,9H2,1H3,(H,18,19)/b8-4+. The Morgan fingerprint density at radius 1 is 1.53 bits per heavy atom. The van der Waals surface area contributed by atoms with E-state index in [-0.39, 0.29) is 0 Å². The lowest BCUT2D eigenvalue weighted by molar-refractivity contribution is -0.131. The predicted molar refractivity (Wildman–Crippen MR) is 81.5 cm³/mol. The van der Waals surface area contributed by atoms with Crippen LogP contribution in [-0.2, 0) is 4.79 Å². The Morgan fingerprint density at radius 3 is 2.79 bits per heavy atom. The normalized spacial score (nSPS) is 14.8. The SMILES string of the molecule is CCCN(c1ccc(/C=C/C(=O)O)cc1Br)C1CC1. The van der Waals surface area contributed by atoms with Crippen molar-refractivity contribution in [3.8, 4) is 0 Å². The van der Waals surface area contributed by atoms with Gasteiger partial charge in [0.1, 0.15) is 0 Å². The molecule has 1 aromatic rings. The second-order valence-corrected chi connectivity index (χ2v) is 5.66. The highest BCUT2D eigenvalue weighted by molar-refractivity contribution is 9.10. The van der Waals surface area contributed by atoms with Crippen molar-refractivity contribution >= 4 is 33.7 Å². The van der Waals surface area contributed by atoms with Crippen molar-refractivity contribution in [1.29, 1.82) is 0 Å². The molecule has 0 unspecified atom stereocenters. The lowest BCUT2D eigenvalue weighted by Crippen LogP contribution is -2.26. The van der Waals surface area contributed by atoms with Gasteiger partial charge < -0.3 is 10.0 Å². The molecular weight excluding hydrogens is 306 g/mol. The Labute approximate surface area is 122 Å². The summed E-state index contributed by atoms with van der Waals surface area (Å²) in [6.07, 6.45) is 6.44. The molecule has 1 saturated carbocycles. The van der Waals surface area contributed by atoms with Crippen LogP contribution >= 0.6 is 15.9 Å². The Kier molecular flexibility index (Phi) is 4.64. The Balaban J connectivity index is 2.20. The first-order valence-corrected chi connectivity index (χ1v) is 7.38. The maximum absolute atomic E-state index is 10.5. The van der Waals surface area contributed by atoms with Crippen molar-refractivity contribution in [2.45, 2.75) is 32.2 Å². The molecule has 4 heteroatoms. The Bertz CT molecular complexity index is 495. The van der Waals surface area contributed by atoms with Crippen LogP contribution in [-0.4, -0.2) is 23.7 Å². The largest absolute Gasteiger partial charge is 0.478 e. The molecule has 0 heterocycles. The lowest BCUT2D eigenvalue weighted by Gasteiger charge is -2.25.